The number of rotatable bonds is 7. The molecule has 0 bridgehead atoms. The number of carbonyl (C=O) groups is 2. The Labute approximate surface area is 96.8 Å². The molecule has 0 spiro atoms. The van der Waals surface area contributed by atoms with Crippen LogP contribution >= 0.6 is 0 Å². The zero-order chi connectivity index (χ0) is 12.7. The van der Waals surface area contributed by atoms with Crippen molar-refractivity contribution in [2.75, 3.05) is 19.6 Å². The summed E-state index contributed by atoms with van der Waals surface area (Å²) in [5.41, 5.74) is 0. The molecule has 0 aliphatic heterocycles. The number of amides is 1. The van der Waals surface area contributed by atoms with Crippen molar-refractivity contribution >= 4 is 11.9 Å². The van der Waals surface area contributed by atoms with Crippen molar-refractivity contribution in [1.82, 2.24) is 10.2 Å². The largest absolute Gasteiger partial charge is 0.480 e. The van der Waals surface area contributed by atoms with Crippen LogP contribution in [0.15, 0.2) is 0 Å². The van der Waals surface area contributed by atoms with Crippen LogP contribution in [-0.4, -0.2) is 47.6 Å². The molecule has 0 aromatic heterocycles. The molecular weight excluding hydrogens is 208 g/mol. The highest BCUT2D eigenvalue weighted by Gasteiger charge is 2.24. The molecule has 0 saturated carbocycles. The number of carboxylic acids is 1. The van der Waals surface area contributed by atoms with Crippen molar-refractivity contribution in [3.05, 3.63) is 0 Å². The molecule has 1 atom stereocenters. The number of aliphatic carboxylic acids is 1. The van der Waals surface area contributed by atoms with Crippen molar-refractivity contribution in [1.29, 1.82) is 0 Å². The lowest BCUT2D eigenvalue weighted by Gasteiger charge is -2.27. The van der Waals surface area contributed by atoms with E-state index in [1.165, 1.54) is 4.90 Å². The number of nitrogens with one attached hydrogen (secondary N) is 1. The van der Waals surface area contributed by atoms with Gasteiger partial charge in [0.05, 0.1) is 0 Å². The fourth-order valence-electron chi connectivity index (χ4n) is 1.39. The normalized spacial score (nSPS) is 12.6. The summed E-state index contributed by atoms with van der Waals surface area (Å²) in [7, 11) is 0. The maximum Gasteiger partial charge on any atom is 0.323 e. The molecule has 0 aliphatic rings. The Balaban J connectivity index is 4.42. The molecule has 16 heavy (non-hydrogen) atoms. The van der Waals surface area contributed by atoms with Crippen LogP contribution in [0.5, 0.6) is 0 Å². The minimum Gasteiger partial charge on any atom is -0.480 e. The molecule has 1 unspecified atom stereocenters. The van der Waals surface area contributed by atoms with Gasteiger partial charge in [0, 0.05) is 18.5 Å². The van der Waals surface area contributed by atoms with Gasteiger partial charge in [-0.2, -0.15) is 0 Å². The Morgan fingerprint density at radius 1 is 1.31 bits per heavy atom. The third-order valence-corrected chi connectivity index (χ3v) is 2.33. The minimum atomic E-state index is -0.974. The first-order chi connectivity index (χ1) is 7.40. The molecular formula is C11H22N2O3. The highest BCUT2D eigenvalue weighted by atomic mass is 16.4. The molecule has 0 heterocycles. The summed E-state index contributed by atoms with van der Waals surface area (Å²) in [6.45, 7) is 8.57. The zero-order valence-corrected chi connectivity index (χ0v) is 10.5. The lowest BCUT2D eigenvalue weighted by atomic mass is 10.1. The molecule has 2 N–H and O–H groups in total. The van der Waals surface area contributed by atoms with E-state index in [1.54, 1.807) is 0 Å². The Morgan fingerprint density at radius 2 is 1.88 bits per heavy atom. The van der Waals surface area contributed by atoms with Gasteiger partial charge >= 0.3 is 5.97 Å². The smallest absolute Gasteiger partial charge is 0.323 e. The maximum atomic E-state index is 11.9. The van der Waals surface area contributed by atoms with E-state index in [0.29, 0.717) is 6.54 Å². The van der Waals surface area contributed by atoms with E-state index in [9.17, 15) is 9.59 Å². The van der Waals surface area contributed by atoms with Gasteiger partial charge in [0.2, 0.25) is 5.91 Å². The van der Waals surface area contributed by atoms with Crippen molar-refractivity contribution in [2.24, 2.45) is 5.92 Å². The first-order valence-electron chi connectivity index (χ1n) is 5.63. The minimum absolute atomic E-state index is 0.0901. The molecule has 5 heteroatoms. The summed E-state index contributed by atoms with van der Waals surface area (Å²) in [5, 5.41) is 11.8. The van der Waals surface area contributed by atoms with Crippen LogP contribution in [0.25, 0.3) is 0 Å². The average Bonchev–Trinajstić information content (AvgIpc) is 2.20. The van der Waals surface area contributed by atoms with Crippen LogP contribution in [0.2, 0.25) is 0 Å². The lowest BCUT2D eigenvalue weighted by molar-refractivity contribution is -0.147. The highest BCUT2D eigenvalue weighted by molar-refractivity contribution is 5.83. The third kappa shape index (κ3) is 5.11. The SMILES string of the molecule is CCNCC(C)C(=O)N(CC(=O)O)C(C)C. The van der Waals surface area contributed by atoms with Crippen LogP contribution in [0.3, 0.4) is 0 Å². The topological polar surface area (TPSA) is 69.6 Å². The molecule has 0 fully saturated rings. The van der Waals surface area contributed by atoms with Crippen LogP contribution in [0, 0.1) is 5.92 Å². The van der Waals surface area contributed by atoms with Gasteiger partial charge in [0.25, 0.3) is 0 Å². The predicted octanol–water partition coefficient (Wildman–Crippen LogP) is 0.554. The third-order valence-electron chi connectivity index (χ3n) is 2.33. The van der Waals surface area contributed by atoms with Gasteiger partial charge in [0.1, 0.15) is 6.54 Å². The molecule has 5 nitrogen and oxygen atoms in total. The van der Waals surface area contributed by atoms with Gasteiger partial charge in [-0.05, 0) is 20.4 Å². The quantitative estimate of drug-likeness (QED) is 0.670. The summed E-state index contributed by atoms with van der Waals surface area (Å²) < 4.78 is 0. The van der Waals surface area contributed by atoms with Crippen LogP contribution in [0.4, 0.5) is 0 Å². The molecule has 0 rings (SSSR count). The van der Waals surface area contributed by atoms with Gasteiger partial charge in [0.15, 0.2) is 0 Å². The van der Waals surface area contributed by atoms with Crippen molar-refractivity contribution in [2.45, 2.75) is 33.7 Å². The van der Waals surface area contributed by atoms with E-state index < -0.39 is 5.97 Å². The molecule has 0 radical (unpaired) electrons. The highest BCUT2D eigenvalue weighted by Crippen LogP contribution is 2.06. The Bertz CT molecular complexity index is 241. The number of nitrogens with zero attached hydrogens (tertiary/aromatic N) is 1. The van der Waals surface area contributed by atoms with E-state index in [4.69, 9.17) is 5.11 Å². The maximum absolute atomic E-state index is 11.9. The zero-order valence-electron chi connectivity index (χ0n) is 10.5. The monoisotopic (exact) mass is 230 g/mol. The van der Waals surface area contributed by atoms with Crippen molar-refractivity contribution in [3.63, 3.8) is 0 Å². The van der Waals surface area contributed by atoms with Gasteiger partial charge < -0.3 is 15.3 Å². The lowest BCUT2D eigenvalue weighted by Crippen LogP contribution is -2.45. The fraction of sp³-hybridized carbons (Fsp3) is 0.818. The second-order valence-corrected chi connectivity index (χ2v) is 4.16. The van der Waals surface area contributed by atoms with E-state index in [0.717, 1.165) is 6.54 Å². The van der Waals surface area contributed by atoms with E-state index in [-0.39, 0.29) is 24.4 Å². The van der Waals surface area contributed by atoms with Gasteiger partial charge in [-0.25, -0.2) is 0 Å². The standard InChI is InChI=1S/C11H22N2O3/c1-5-12-6-9(4)11(16)13(8(2)3)7-10(14)15/h8-9,12H,5-7H2,1-4H3,(H,14,15). The van der Waals surface area contributed by atoms with Gasteiger partial charge in [-0.15, -0.1) is 0 Å². The number of hydrogen-bond donors (Lipinski definition) is 2. The molecule has 0 aromatic carbocycles. The molecule has 1 amide bonds. The summed E-state index contributed by atoms with van der Waals surface area (Å²) in [6.07, 6.45) is 0. The Hall–Kier alpha value is -1.10. The second-order valence-electron chi connectivity index (χ2n) is 4.16. The predicted molar refractivity (Wildman–Crippen MR) is 62.2 cm³/mol. The van der Waals surface area contributed by atoms with Crippen molar-refractivity contribution < 1.29 is 14.7 Å². The second kappa shape index (κ2) is 7.22. The van der Waals surface area contributed by atoms with Crippen molar-refractivity contribution in [3.8, 4) is 0 Å². The average molecular weight is 230 g/mol. The summed E-state index contributed by atoms with van der Waals surface area (Å²) in [5.74, 6) is -1.28. The first-order valence-corrected chi connectivity index (χ1v) is 5.63. The van der Waals surface area contributed by atoms with Crippen LogP contribution in [-0.2, 0) is 9.59 Å². The van der Waals surface area contributed by atoms with Gasteiger partial charge in [-0.1, -0.05) is 13.8 Å². The summed E-state index contributed by atoms with van der Waals surface area (Å²) >= 11 is 0. The summed E-state index contributed by atoms with van der Waals surface area (Å²) in [4.78, 5) is 24.0. The molecule has 0 aromatic rings. The van der Waals surface area contributed by atoms with E-state index in [1.807, 2.05) is 27.7 Å². The first kappa shape index (κ1) is 14.9. The number of carbonyl (C=O) groups excluding carboxylic acids is 1. The Kier molecular flexibility index (Phi) is 6.72. The number of carboxylic acid groups (broad SMARTS) is 1. The summed E-state index contributed by atoms with van der Waals surface area (Å²) in [6, 6.07) is -0.0901. The van der Waals surface area contributed by atoms with Gasteiger partial charge in [-0.3, -0.25) is 9.59 Å². The van der Waals surface area contributed by atoms with E-state index >= 15 is 0 Å². The number of hydrogen-bond acceptors (Lipinski definition) is 3. The molecule has 0 saturated heterocycles. The van der Waals surface area contributed by atoms with E-state index in [2.05, 4.69) is 5.32 Å². The van der Waals surface area contributed by atoms with Crippen LogP contribution < -0.4 is 5.32 Å². The molecule has 0 aliphatic carbocycles. The van der Waals surface area contributed by atoms with Crippen LogP contribution in [0.1, 0.15) is 27.7 Å². The fourth-order valence-corrected chi connectivity index (χ4v) is 1.39. The Morgan fingerprint density at radius 3 is 2.25 bits per heavy atom. The molecule has 94 valence electrons.